The molecule has 0 saturated heterocycles. The van der Waals surface area contributed by atoms with Crippen LogP contribution in [0.4, 0.5) is 0 Å². The number of rotatable bonds is 8. The lowest BCUT2D eigenvalue weighted by molar-refractivity contribution is 0.100. The SMILES string of the molecule is CCOP(=O)(CC(=O)c1ccc(OC)c(C)c1C)OCC. The zero-order chi connectivity index (χ0) is 16.0. The first-order chi connectivity index (χ1) is 9.88. The van der Waals surface area contributed by atoms with Gasteiger partial charge in [-0.25, -0.2) is 0 Å². The minimum Gasteiger partial charge on any atom is -0.496 e. The van der Waals surface area contributed by atoms with Gasteiger partial charge in [-0.05, 0) is 51.0 Å². The van der Waals surface area contributed by atoms with Crippen LogP contribution in [-0.4, -0.2) is 32.3 Å². The Bertz CT molecular complexity index is 543. The van der Waals surface area contributed by atoms with E-state index in [1.54, 1.807) is 33.1 Å². The fourth-order valence-corrected chi connectivity index (χ4v) is 3.67. The Labute approximate surface area is 126 Å². The summed E-state index contributed by atoms with van der Waals surface area (Å²) in [6.45, 7) is 7.65. The minimum atomic E-state index is -3.38. The third-order valence-electron chi connectivity index (χ3n) is 3.25. The third-order valence-corrected chi connectivity index (χ3v) is 5.22. The highest BCUT2D eigenvalue weighted by atomic mass is 31.2. The number of benzene rings is 1. The quantitative estimate of drug-likeness (QED) is 0.540. The predicted octanol–water partition coefficient (Wildman–Crippen LogP) is 3.76. The van der Waals surface area contributed by atoms with Gasteiger partial charge in [-0.15, -0.1) is 0 Å². The van der Waals surface area contributed by atoms with E-state index in [1.165, 1.54) is 0 Å². The third kappa shape index (κ3) is 4.40. The van der Waals surface area contributed by atoms with Crippen LogP contribution in [0.15, 0.2) is 12.1 Å². The summed E-state index contributed by atoms with van der Waals surface area (Å²) in [6.07, 6.45) is -0.249. The van der Waals surface area contributed by atoms with Crippen LogP contribution >= 0.6 is 7.60 Å². The summed E-state index contributed by atoms with van der Waals surface area (Å²) in [6, 6.07) is 3.42. The minimum absolute atomic E-state index is 0.241. The van der Waals surface area contributed by atoms with Gasteiger partial charge in [-0.2, -0.15) is 0 Å². The molecule has 0 radical (unpaired) electrons. The summed E-state index contributed by atoms with van der Waals surface area (Å²) in [5.41, 5.74) is 2.23. The maximum Gasteiger partial charge on any atom is 0.338 e. The summed E-state index contributed by atoms with van der Waals surface area (Å²) in [5, 5.41) is 0. The number of Topliss-reactive ketones (excluding diaryl/α,β-unsaturated/α-hetero) is 1. The highest BCUT2D eigenvalue weighted by molar-refractivity contribution is 7.54. The van der Waals surface area contributed by atoms with Gasteiger partial charge in [0, 0.05) is 5.56 Å². The molecule has 1 rings (SSSR count). The van der Waals surface area contributed by atoms with Crippen molar-refractivity contribution in [3.8, 4) is 5.75 Å². The largest absolute Gasteiger partial charge is 0.496 e. The van der Waals surface area contributed by atoms with Gasteiger partial charge in [-0.1, -0.05) is 0 Å². The van der Waals surface area contributed by atoms with E-state index in [1.807, 2.05) is 13.8 Å². The van der Waals surface area contributed by atoms with E-state index >= 15 is 0 Å². The van der Waals surface area contributed by atoms with Crippen molar-refractivity contribution in [2.45, 2.75) is 27.7 Å². The van der Waals surface area contributed by atoms with Gasteiger partial charge in [0.2, 0.25) is 0 Å². The molecule has 0 heterocycles. The number of methoxy groups -OCH3 is 1. The molecule has 21 heavy (non-hydrogen) atoms. The van der Waals surface area contributed by atoms with E-state index < -0.39 is 7.60 Å². The predicted molar refractivity (Wildman–Crippen MR) is 82.5 cm³/mol. The number of carbonyl (C=O) groups excluding carboxylic acids is 1. The van der Waals surface area contributed by atoms with Gasteiger partial charge in [0.05, 0.1) is 20.3 Å². The van der Waals surface area contributed by atoms with E-state index in [0.717, 1.165) is 16.9 Å². The molecule has 0 N–H and O–H groups in total. The maximum absolute atomic E-state index is 12.4. The van der Waals surface area contributed by atoms with E-state index in [4.69, 9.17) is 13.8 Å². The lowest BCUT2D eigenvalue weighted by Crippen LogP contribution is -2.12. The van der Waals surface area contributed by atoms with E-state index in [-0.39, 0.29) is 25.2 Å². The van der Waals surface area contributed by atoms with Crippen molar-refractivity contribution in [1.82, 2.24) is 0 Å². The van der Waals surface area contributed by atoms with E-state index in [9.17, 15) is 9.36 Å². The molecule has 0 amide bonds. The fraction of sp³-hybridized carbons (Fsp3) is 0.533. The zero-order valence-corrected chi connectivity index (χ0v) is 14.2. The second-order valence-corrected chi connectivity index (χ2v) is 6.65. The molecule has 0 spiro atoms. The average molecular weight is 314 g/mol. The van der Waals surface area contributed by atoms with Crippen molar-refractivity contribution in [2.75, 3.05) is 26.5 Å². The molecule has 0 atom stereocenters. The second kappa shape index (κ2) is 7.74. The van der Waals surface area contributed by atoms with Crippen LogP contribution in [0.25, 0.3) is 0 Å². The second-order valence-electron chi connectivity index (χ2n) is 4.59. The number of ether oxygens (including phenoxy) is 1. The monoisotopic (exact) mass is 314 g/mol. The lowest BCUT2D eigenvalue weighted by Gasteiger charge is -2.17. The summed E-state index contributed by atoms with van der Waals surface area (Å²) in [7, 11) is -1.79. The molecule has 0 aliphatic rings. The Hall–Kier alpha value is -1.16. The number of carbonyl (C=O) groups is 1. The van der Waals surface area contributed by atoms with Crippen LogP contribution in [0.5, 0.6) is 5.75 Å². The van der Waals surface area contributed by atoms with Gasteiger partial charge >= 0.3 is 7.60 Å². The first kappa shape index (κ1) is 17.9. The Morgan fingerprint density at radius 2 is 1.67 bits per heavy atom. The lowest BCUT2D eigenvalue weighted by atomic mass is 10.00. The molecular formula is C15H23O5P. The molecule has 118 valence electrons. The molecule has 0 fully saturated rings. The fourth-order valence-electron chi connectivity index (χ4n) is 2.10. The summed E-state index contributed by atoms with van der Waals surface area (Å²) in [4.78, 5) is 12.4. The van der Waals surface area contributed by atoms with Gasteiger partial charge in [0.25, 0.3) is 0 Å². The number of ketones is 1. The summed E-state index contributed by atoms with van der Waals surface area (Å²) >= 11 is 0. The smallest absolute Gasteiger partial charge is 0.338 e. The zero-order valence-electron chi connectivity index (χ0n) is 13.3. The Kier molecular flexibility index (Phi) is 6.59. The molecule has 0 saturated carbocycles. The van der Waals surface area contributed by atoms with Crippen molar-refractivity contribution in [3.05, 3.63) is 28.8 Å². The Morgan fingerprint density at radius 3 is 2.14 bits per heavy atom. The van der Waals surface area contributed by atoms with Crippen molar-refractivity contribution < 1.29 is 23.1 Å². The van der Waals surface area contributed by atoms with Gasteiger partial charge in [-0.3, -0.25) is 9.36 Å². The van der Waals surface area contributed by atoms with Crippen LogP contribution in [0.2, 0.25) is 0 Å². The Morgan fingerprint density at radius 1 is 1.10 bits per heavy atom. The molecule has 0 bridgehead atoms. The highest BCUT2D eigenvalue weighted by Crippen LogP contribution is 2.48. The van der Waals surface area contributed by atoms with Gasteiger partial charge < -0.3 is 13.8 Å². The van der Waals surface area contributed by atoms with Crippen molar-refractivity contribution in [3.63, 3.8) is 0 Å². The molecule has 0 aliphatic heterocycles. The maximum atomic E-state index is 12.4. The first-order valence-electron chi connectivity index (χ1n) is 6.94. The number of hydrogen-bond donors (Lipinski definition) is 0. The highest BCUT2D eigenvalue weighted by Gasteiger charge is 2.29. The molecule has 6 heteroatoms. The molecule has 0 unspecified atom stereocenters. The normalized spacial score (nSPS) is 11.5. The summed E-state index contributed by atoms with van der Waals surface area (Å²) < 4.78 is 28.0. The van der Waals surface area contributed by atoms with Crippen LogP contribution in [0.1, 0.15) is 35.3 Å². The van der Waals surface area contributed by atoms with Gasteiger partial charge in [0.1, 0.15) is 11.9 Å². The van der Waals surface area contributed by atoms with Crippen molar-refractivity contribution in [2.24, 2.45) is 0 Å². The molecule has 1 aromatic rings. The Balaban J connectivity index is 3.04. The number of hydrogen-bond acceptors (Lipinski definition) is 5. The van der Waals surface area contributed by atoms with Gasteiger partial charge in [0.15, 0.2) is 5.78 Å². The van der Waals surface area contributed by atoms with E-state index in [0.29, 0.717) is 5.56 Å². The topological polar surface area (TPSA) is 61.8 Å². The molecule has 1 aromatic carbocycles. The molecule has 0 aromatic heterocycles. The first-order valence-corrected chi connectivity index (χ1v) is 8.66. The summed E-state index contributed by atoms with van der Waals surface area (Å²) in [5.74, 6) is 0.477. The van der Waals surface area contributed by atoms with Crippen LogP contribution < -0.4 is 4.74 Å². The average Bonchev–Trinajstić information content (AvgIpc) is 2.41. The van der Waals surface area contributed by atoms with Crippen LogP contribution in [0, 0.1) is 13.8 Å². The van der Waals surface area contributed by atoms with Crippen molar-refractivity contribution >= 4 is 13.4 Å². The van der Waals surface area contributed by atoms with Crippen molar-refractivity contribution in [1.29, 1.82) is 0 Å². The van der Waals surface area contributed by atoms with Crippen LogP contribution in [0.3, 0.4) is 0 Å². The molecule has 5 nitrogen and oxygen atoms in total. The standard InChI is InChI=1S/C15H23O5P/c1-6-19-21(17,20-7-2)10-14(16)13-8-9-15(18-5)12(4)11(13)3/h8-9H,6-7,10H2,1-5H3. The molecular weight excluding hydrogens is 291 g/mol. The van der Waals surface area contributed by atoms with E-state index in [2.05, 4.69) is 0 Å². The van der Waals surface area contributed by atoms with Crippen LogP contribution in [-0.2, 0) is 13.6 Å². The molecule has 0 aliphatic carbocycles.